The average Bonchev–Trinajstić information content (AvgIpc) is 3.27. The van der Waals surface area contributed by atoms with Crippen LogP contribution in [0.4, 0.5) is 11.7 Å². The molecule has 162 valence electrons. The molecule has 2 heterocycles. The lowest BCUT2D eigenvalue weighted by atomic mass is 10.1. The maximum absolute atomic E-state index is 12.2. The summed E-state index contributed by atoms with van der Waals surface area (Å²) in [6, 6.07) is 17.5. The molecule has 31 heavy (non-hydrogen) atoms. The van der Waals surface area contributed by atoms with Gasteiger partial charge in [0, 0.05) is 17.8 Å². The van der Waals surface area contributed by atoms with Crippen molar-refractivity contribution in [3.63, 3.8) is 0 Å². The largest absolute Gasteiger partial charge is 0.403 e. The summed E-state index contributed by atoms with van der Waals surface area (Å²) in [7, 11) is 0. The van der Waals surface area contributed by atoms with E-state index in [2.05, 4.69) is 25.7 Å². The van der Waals surface area contributed by atoms with Crippen LogP contribution >= 0.6 is 0 Å². The number of piperidine rings is 1. The minimum atomic E-state index is -0.0484. The van der Waals surface area contributed by atoms with Crippen LogP contribution in [0.3, 0.4) is 0 Å². The minimum Gasteiger partial charge on any atom is -0.403 e. The van der Waals surface area contributed by atoms with Crippen molar-refractivity contribution >= 4 is 17.6 Å². The van der Waals surface area contributed by atoms with E-state index in [1.165, 1.54) is 32.4 Å². The number of anilines is 2. The fraction of sp³-hybridized carbons (Fsp3) is 0.375. The molecule has 7 nitrogen and oxygen atoms in total. The Morgan fingerprint density at radius 2 is 1.74 bits per heavy atom. The number of likely N-dealkylation sites (tertiary alicyclic amines) is 1. The van der Waals surface area contributed by atoms with Crippen LogP contribution in [0, 0.1) is 0 Å². The molecular formula is C24H29N5O2. The van der Waals surface area contributed by atoms with Gasteiger partial charge < -0.3 is 20.0 Å². The zero-order valence-corrected chi connectivity index (χ0v) is 17.7. The summed E-state index contributed by atoms with van der Waals surface area (Å²) in [6.45, 7) is 4.34. The second-order valence-corrected chi connectivity index (χ2v) is 7.88. The highest BCUT2D eigenvalue weighted by Crippen LogP contribution is 2.22. The van der Waals surface area contributed by atoms with Gasteiger partial charge in [-0.1, -0.05) is 41.9 Å². The molecule has 1 aromatic heterocycles. The van der Waals surface area contributed by atoms with E-state index in [-0.39, 0.29) is 5.91 Å². The molecule has 2 aromatic carbocycles. The van der Waals surface area contributed by atoms with Crippen molar-refractivity contribution in [1.82, 2.24) is 15.1 Å². The molecule has 0 spiro atoms. The van der Waals surface area contributed by atoms with Crippen LogP contribution in [0.2, 0.25) is 0 Å². The third-order valence-electron chi connectivity index (χ3n) is 5.42. The molecule has 4 rings (SSSR count). The zero-order chi connectivity index (χ0) is 21.3. The Morgan fingerprint density at radius 3 is 2.52 bits per heavy atom. The second kappa shape index (κ2) is 10.7. The summed E-state index contributed by atoms with van der Waals surface area (Å²) in [5.74, 6) is 0.411. The molecule has 0 atom stereocenters. The van der Waals surface area contributed by atoms with E-state index in [4.69, 9.17) is 4.42 Å². The lowest BCUT2D eigenvalue weighted by molar-refractivity contribution is -0.115. The molecule has 3 aromatic rings. The van der Waals surface area contributed by atoms with Crippen LogP contribution in [0.15, 0.2) is 59.0 Å². The summed E-state index contributed by atoms with van der Waals surface area (Å²) < 4.78 is 5.73. The van der Waals surface area contributed by atoms with Gasteiger partial charge in [0.2, 0.25) is 11.8 Å². The maximum Gasteiger partial charge on any atom is 0.315 e. The van der Waals surface area contributed by atoms with E-state index in [1.54, 1.807) is 0 Å². The smallest absolute Gasteiger partial charge is 0.315 e. The highest BCUT2D eigenvalue weighted by molar-refractivity contribution is 5.92. The number of amides is 1. The Balaban J connectivity index is 1.23. The highest BCUT2D eigenvalue weighted by Gasteiger charge is 2.11. The number of benzene rings is 2. The lowest BCUT2D eigenvalue weighted by Gasteiger charge is -2.26. The molecule has 0 radical (unpaired) electrons. The number of rotatable bonds is 9. The molecule has 0 unspecified atom stereocenters. The van der Waals surface area contributed by atoms with Crippen LogP contribution in [-0.4, -0.2) is 47.2 Å². The standard InChI is InChI=1S/C24H29N5O2/c30-22(18-19-8-3-1-4-9-19)26-21-12-10-20(11-13-21)23-27-28-24(31-23)25-14-7-17-29-15-5-2-6-16-29/h1,3-4,8-13H,2,5-7,14-18H2,(H,25,28)(H,26,30). The molecule has 7 heteroatoms. The molecule has 0 bridgehead atoms. The third kappa shape index (κ3) is 6.39. The maximum atomic E-state index is 12.2. The number of carbonyl (C=O) groups excluding carboxylic acids is 1. The lowest BCUT2D eigenvalue weighted by Crippen LogP contribution is -2.31. The van der Waals surface area contributed by atoms with Crippen molar-refractivity contribution in [2.24, 2.45) is 0 Å². The summed E-state index contributed by atoms with van der Waals surface area (Å²) in [4.78, 5) is 14.7. The van der Waals surface area contributed by atoms with Gasteiger partial charge in [0.15, 0.2) is 0 Å². The average molecular weight is 420 g/mol. The zero-order valence-electron chi connectivity index (χ0n) is 17.7. The van der Waals surface area contributed by atoms with Gasteiger partial charge in [0.25, 0.3) is 0 Å². The first kappa shape index (κ1) is 21.1. The van der Waals surface area contributed by atoms with E-state index < -0.39 is 0 Å². The normalized spacial score (nSPS) is 14.3. The van der Waals surface area contributed by atoms with Gasteiger partial charge in [-0.05, 0) is 68.7 Å². The van der Waals surface area contributed by atoms with Crippen LogP contribution in [0.5, 0.6) is 0 Å². The van der Waals surface area contributed by atoms with Gasteiger partial charge >= 0.3 is 6.01 Å². The molecular weight excluding hydrogens is 390 g/mol. The number of aromatic nitrogens is 2. The minimum absolute atomic E-state index is 0.0484. The summed E-state index contributed by atoms with van der Waals surface area (Å²) >= 11 is 0. The Bertz CT molecular complexity index is 950. The van der Waals surface area contributed by atoms with Gasteiger partial charge in [-0.2, -0.15) is 0 Å². The van der Waals surface area contributed by atoms with Crippen LogP contribution < -0.4 is 10.6 Å². The van der Waals surface area contributed by atoms with Crippen molar-refractivity contribution in [2.45, 2.75) is 32.1 Å². The van der Waals surface area contributed by atoms with Crippen LogP contribution in [0.25, 0.3) is 11.5 Å². The molecule has 1 amide bonds. The number of hydrogen-bond acceptors (Lipinski definition) is 6. The number of nitrogens with zero attached hydrogens (tertiary/aromatic N) is 3. The molecule has 0 saturated carbocycles. The van der Waals surface area contributed by atoms with Gasteiger partial charge in [-0.15, -0.1) is 5.10 Å². The predicted octanol–water partition coefficient (Wildman–Crippen LogP) is 4.21. The van der Waals surface area contributed by atoms with Crippen LogP contribution in [-0.2, 0) is 11.2 Å². The fourth-order valence-corrected chi connectivity index (χ4v) is 3.77. The topological polar surface area (TPSA) is 83.3 Å². The quantitative estimate of drug-likeness (QED) is 0.506. The van der Waals surface area contributed by atoms with Gasteiger partial charge in [0.05, 0.1) is 6.42 Å². The van der Waals surface area contributed by atoms with Crippen LogP contribution in [0.1, 0.15) is 31.2 Å². The third-order valence-corrected chi connectivity index (χ3v) is 5.42. The molecule has 1 aliphatic rings. The number of carbonyl (C=O) groups is 1. The Labute approximate surface area is 182 Å². The van der Waals surface area contributed by atoms with Crippen molar-refractivity contribution in [3.8, 4) is 11.5 Å². The molecule has 1 fully saturated rings. The Morgan fingerprint density at radius 1 is 0.968 bits per heavy atom. The van der Waals surface area contributed by atoms with Gasteiger partial charge in [-0.3, -0.25) is 4.79 Å². The van der Waals surface area contributed by atoms with E-state index in [9.17, 15) is 4.79 Å². The monoisotopic (exact) mass is 419 g/mol. The summed E-state index contributed by atoms with van der Waals surface area (Å²) in [6.07, 6.45) is 5.39. The van der Waals surface area contributed by atoms with Gasteiger partial charge in [0.1, 0.15) is 0 Å². The van der Waals surface area contributed by atoms with Crippen molar-refractivity contribution in [2.75, 3.05) is 36.8 Å². The van der Waals surface area contributed by atoms with E-state index in [1.807, 2.05) is 54.6 Å². The van der Waals surface area contributed by atoms with E-state index in [0.29, 0.717) is 18.3 Å². The SMILES string of the molecule is O=C(Cc1ccccc1)Nc1ccc(-c2nnc(NCCCN3CCCCC3)o2)cc1. The first-order chi connectivity index (χ1) is 15.3. The molecule has 1 aliphatic heterocycles. The van der Waals surface area contributed by atoms with E-state index in [0.717, 1.165) is 36.3 Å². The Kier molecular flexibility index (Phi) is 7.28. The molecule has 0 aliphatic carbocycles. The van der Waals surface area contributed by atoms with Gasteiger partial charge in [-0.25, -0.2) is 0 Å². The first-order valence-electron chi connectivity index (χ1n) is 11.0. The van der Waals surface area contributed by atoms with E-state index >= 15 is 0 Å². The molecule has 1 saturated heterocycles. The van der Waals surface area contributed by atoms with Crippen molar-refractivity contribution in [3.05, 3.63) is 60.2 Å². The molecule has 2 N–H and O–H groups in total. The predicted molar refractivity (Wildman–Crippen MR) is 122 cm³/mol. The summed E-state index contributed by atoms with van der Waals surface area (Å²) in [5.41, 5.74) is 2.54. The number of hydrogen-bond donors (Lipinski definition) is 2. The Hall–Kier alpha value is -3.19. The fourth-order valence-electron chi connectivity index (χ4n) is 3.77. The second-order valence-electron chi connectivity index (χ2n) is 7.88. The summed E-state index contributed by atoms with van der Waals surface area (Å²) in [5, 5.41) is 14.3. The highest BCUT2D eigenvalue weighted by atomic mass is 16.4. The van der Waals surface area contributed by atoms with Crippen molar-refractivity contribution in [1.29, 1.82) is 0 Å². The first-order valence-corrected chi connectivity index (χ1v) is 11.0. The number of nitrogens with one attached hydrogen (secondary N) is 2. The van der Waals surface area contributed by atoms with Crippen molar-refractivity contribution < 1.29 is 9.21 Å².